The second kappa shape index (κ2) is 8.53. The van der Waals surface area contributed by atoms with E-state index in [2.05, 4.69) is 38.3 Å². The first-order valence-electron chi connectivity index (χ1n) is 9.56. The van der Waals surface area contributed by atoms with Gasteiger partial charge in [-0.2, -0.15) is 0 Å². The maximum atomic E-state index is 3.82. The van der Waals surface area contributed by atoms with Crippen LogP contribution in [0.2, 0.25) is 0 Å². The molecule has 6 unspecified atom stereocenters. The molecule has 2 saturated carbocycles. The molecule has 0 aliphatic heterocycles. The highest BCUT2D eigenvalue weighted by Gasteiger charge is 2.27. The minimum Gasteiger partial charge on any atom is -0.314 e. The summed E-state index contributed by atoms with van der Waals surface area (Å²) in [6, 6.07) is 1.53. The summed E-state index contributed by atoms with van der Waals surface area (Å²) in [5.74, 6) is 3.51. The van der Waals surface area contributed by atoms with Crippen molar-refractivity contribution in [2.24, 2.45) is 23.7 Å². The lowest BCUT2D eigenvalue weighted by atomic mass is 9.78. The fraction of sp³-hybridized carbons (Fsp3) is 1.00. The van der Waals surface area contributed by atoms with Gasteiger partial charge in [-0.25, -0.2) is 0 Å². The van der Waals surface area contributed by atoms with Crippen molar-refractivity contribution in [1.29, 1.82) is 0 Å². The summed E-state index contributed by atoms with van der Waals surface area (Å²) in [5.41, 5.74) is 0. The molecule has 2 fully saturated rings. The van der Waals surface area contributed by atoms with E-state index in [9.17, 15) is 0 Å². The van der Waals surface area contributed by atoms with Crippen molar-refractivity contribution in [1.82, 2.24) is 10.6 Å². The minimum absolute atomic E-state index is 0.766. The highest BCUT2D eigenvalue weighted by atomic mass is 14.9. The van der Waals surface area contributed by atoms with E-state index in [0.717, 1.165) is 35.8 Å². The van der Waals surface area contributed by atoms with Crippen molar-refractivity contribution in [3.05, 3.63) is 0 Å². The average Bonchev–Trinajstić information content (AvgIpc) is 2.47. The van der Waals surface area contributed by atoms with Crippen LogP contribution in [-0.4, -0.2) is 25.2 Å². The van der Waals surface area contributed by atoms with Crippen LogP contribution in [0, 0.1) is 23.7 Å². The summed E-state index contributed by atoms with van der Waals surface area (Å²) < 4.78 is 0. The fourth-order valence-electron chi connectivity index (χ4n) is 4.40. The van der Waals surface area contributed by atoms with Crippen LogP contribution in [0.4, 0.5) is 0 Å². The van der Waals surface area contributed by atoms with E-state index >= 15 is 0 Å². The van der Waals surface area contributed by atoms with Gasteiger partial charge in [0.25, 0.3) is 0 Å². The van der Waals surface area contributed by atoms with Crippen molar-refractivity contribution in [2.45, 2.75) is 84.7 Å². The van der Waals surface area contributed by atoms with Crippen LogP contribution in [0.1, 0.15) is 72.6 Å². The molecule has 0 saturated heterocycles. The zero-order chi connectivity index (χ0) is 15.2. The molecule has 0 aromatic heterocycles. The summed E-state index contributed by atoms with van der Waals surface area (Å²) in [6.45, 7) is 12.1. The SMILES string of the molecule is CC1CCCC(NCCCNC2CCCC(C)C2C)C1C. The van der Waals surface area contributed by atoms with Crippen molar-refractivity contribution < 1.29 is 0 Å². The van der Waals surface area contributed by atoms with Crippen LogP contribution in [0.5, 0.6) is 0 Å². The van der Waals surface area contributed by atoms with Gasteiger partial charge < -0.3 is 10.6 Å². The summed E-state index contributed by atoms with van der Waals surface area (Å²) in [4.78, 5) is 0. The maximum Gasteiger partial charge on any atom is 0.00952 e. The summed E-state index contributed by atoms with van der Waals surface area (Å²) in [5, 5.41) is 7.64. The van der Waals surface area contributed by atoms with Gasteiger partial charge in [0.15, 0.2) is 0 Å². The van der Waals surface area contributed by atoms with Crippen LogP contribution in [0.3, 0.4) is 0 Å². The standard InChI is InChI=1S/C19H38N2/c1-14-8-5-10-18(16(14)3)20-12-7-13-21-19-11-6-9-15(2)17(19)4/h14-21H,5-13H2,1-4H3. The zero-order valence-electron chi connectivity index (χ0n) is 14.8. The Morgan fingerprint density at radius 3 is 1.52 bits per heavy atom. The Morgan fingerprint density at radius 2 is 1.10 bits per heavy atom. The van der Waals surface area contributed by atoms with Gasteiger partial charge in [0, 0.05) is 12.1 Å². The topological polar surface area (TPSA) is 24.1 Å². The third-order valence-electron chi connectivity index (χ3n) is 6.58. The molecule has 2 nitrogen and oxygen atoms in total. The predicted molar refractivity (Wildman–Crippen MR) is 92.6 cm³/mol. The summed E-state index contributed by atoms with van der Waals surface area (Å²) in [6.07, 6.45) is 9.73. The van der Waals surface area contributed by atoms with Crippen LogP contribution < -0.4 is 10.6 Å². The Bertz CT molecular complexity index is 263. The Balaban J connectivity index is 1.57. The first kappa shape index (κ1) is 17.3. The van der Waals surface area contributed by atoms with Crippen LogP contribution in [0.15, 0.2) is 0 Å². The van der Waals surface area contributed by atoms with E-state index in [1.54, 1.807) is 0 Å². The van der Waals surface area contributed by atoms with Crippen LogP contribution in [-0.2, 0) is 0 Å². The van der Waals surface area contributed by atoms with Crippen molar-refractivity contribution in [2.75, 3.05) is 13.1 Å². The molecular formula is C19H38N2. The lowest BCUT2D eigenvalue weighted by molar-refractivity contribution is 0.199. The van der Waals surface area contributed by atoms with Gasteiger partial charge in [0.05, 0.1) is 0 Å². The van der Waals surface area contributed by atoms with E-state index in [1.165, 1.54) is 58.0 Å². The fourth-order valence-corrected chi connectivity index (χ4v) is 4.40. The Kier molecular flexibility index (Phi) is 7.01. The highest BCUT2D eigenvalue weighted by molar-refractivity contribution is 4.83. The molecule has 0 amide bonds. The van der Waals surface area contributed by atoms with Crippen LogP contribution >= 0.6 is 0 Å². The van der Waals surface area contributed by atoms with E-state index in [-0.39, 0.29) is 0 Å². The molecule has 0 aromatic carbocycles. The van der Waals surface area contributed by atoms with E-state index < -0.39 is 0 Å². The van der Waals surface area contributed by atoms with Crippen molar-refractivity contribution in [3.63, 3.8) is 0 Å². The Labute approximate surface area is 132 Å². The first-order chi connectivity index (χ1) is 10.1. The van der Waals surface area contributed by atoms with E-state index in [1.807, 2.05) is 0 Å². The molecule has 0 heterocycles. The zero-order valence-corrected chi connectivity index (χ0v) is 14.8. The van der Waals surface area contributed by atoms with Gasteiger partial charge >= 0.3 is 0 Å². The number of rotatable bonds is 6. The van der Waals surface area contributed by atoms with Gasteiger partial charge in [-0.05, 0) is 56.0 Å². The molecule has 0 spiro atoms. The summed E-state index contributed by atoms with van der Waals surface area (Å²) >= 11 is 0. The number of nitrogens with one attached hydrogen (secondary N) is 2. The molecule has 2 heteroatoms. The van der Waals surface area contributed by atoms with Gasteiger partial charge in [0.2, 0.25) is 0 Å². The lowest BCUT2D eigenvalue weighted by Gasteiger charge is -2.35. The molecule has 0 radical (unpaired) electrons. The van der Waals surface area contributed by atoms with Gasteiger partial charge in [0.1, 0.15) is 0 Å². The molecule has 0 aromatic rings. The second-order valence-corrected chi connectivity index (χ2v) is 8.01. The molecule has 2 N–H and O–H groups in total. The monoisotopic (exact) mass is 294 g/mol. The van der Waals surface area contributed by atoms with E-state index in [0.29, 0.717) is 0 Å². The Hall–Kier alpha value is -0.0800. The maximum absolute atomic E-state index is 3.82. The van der Waals surface area contributed by atoms with Crippen LogP contribution in [0.25, 0.3) is 0 Å². The van der Waals surface area contributed by atoms with E-state index in [4.69, 9.17) is 0 Å². The first-order valence-corrected chi connectivity index (χ1v) is 9.56. The molecule has 2 aliphatic rings. The third kappa shape index (κ3) is 4.96. The average molecular weight is 295 g/mol. The number of hydrogen-bond donors (Lipinski definition) is 2. The molecule has 2 rings (SSSR count). The Morgan fingerprint density at radius 1 is 0.667 bits per heavy atom. The molecule has 0 bridgehead atoms. The molecule has 6 atom stereocenters. The molecule has 124 valence electrons. The highest BCUT2D eigenvalue weighted by Crippen LogP contribution is 2.30. The van der Waals surface area contributed by atoms with Crippen molar-refractivity contribution >= 4 is 0 Å². The largest absolute Gasteiger partial charge is 0.314 e. The lowest BCUT2D eigenvalue weighted by Crippen LogP contribution is -2.43. The van der Waals surface area contributed by atoms with Gasteiger partial charge in [-0.15, -0.1) is 0 Å². The molecule has 21 heavy (non-hydrogen) atoms. The second-order valence-electron chi connectivity index (χ2n) is 8.01. The van der Waals surface area contributed by atoms with Gasteiger partial charge in [-0.1, -0.05) is 53.4 Å². The smallest absolute Gasteiger partial charge is 0.00952 e. The minimum atomic E-state index is 0.766. The molecular weight excluding hydrogens is 256 g/mol. The third-order valence-corrected chi connectivity index (χ3v) is 6.58. The predicted octanol–water partition coefficient (Wildman–Crippen LogP) is 4.21. The van der Waals surface area contributed by atoms with Crippen molar-refractivity contribution in [3.8, 4) is 0 Å². The normalized spacial score (nSPS) is 41.1. The number of hydrogen-bond acceptors (Lipinski definition) is 2. The summed E-state index contributed by atoms with van der Waals surface area (Å²) in [7, 11) is 0. The van der Waals surface area contributed by atoms with Gasteiger partial charge in [-0.3, -0.25) is 0 Å². The quantitative estimate of drug-likeness (QED) is 0.717. The molecule has 2 aliphatic carbocycles.